The minimum atomic E-state index is -1.14. The number of aliphatic hydroxyl groups excluding tert-OH is 1. The summed E-state index contributed by atoms with van der Waals surface area (Å²) in [7, 11) is 0. The normalized spacial score (nSPS) is 18.8. The first-order valence-electron chi connectivity index (χ1n) is 4.76. The third-order valence-corrected chi connectivity index (χ3v) is 4.49. The largest absolute Gasteiger partial charge is 0.369 e. The molecule has 1 aliphatic heterocycles. The van der Waals surface area contributed by atoms with Crippen LogP contribution in [-0.2, 0) is 0 Å². The van der Waals surface area contributed by atoms with Gasteiger partial charge in [0.2, 0.25) is 0 Å². The molecular weight excluding hydrogens is 308 g/mol. The van der Waals surface area contributed by atoms with Crippen LogP contribution in [0.5, 0.6) is 0 Å². The van der Waals surface area contributed by atoms with E-state index in [1.54, 1.807) is 6.92 Å². The van der Waals surface area contributed by atoms with Crippen LogP contribution in [0.25, 0.3) is 0 Å². The molecule has 92 valence electrons. The van der Waals surface area contributed by atoms with Gasteiger partial charge in [-0.2, -0.15) is 0 Å². The maximum Gasteiger partial charge on any atom is 0.258 e. The van der Waals surface area contributed by atoms with Crippen LogP contribution in [-0.4, -0.2) is 22.5 Å². The average Bonchev–Trinajstić information content (AvgIpc) is 2.55. The summed E-state index contributed by atoms with van der Waals surface area (Å²) in [6.45, 7) is 2.06. The van der Waals surface area contributed by atoms with Gasteiger partial charge in [-0.25, -0.2) is 0 Å². The molecule has 17 heavy (non-hydrogen) atoms. The summed E-state index contributed by atoms with van der Waals surface area (Å²) in [6, 6.07) is 0. The van der Waals surface area contributed by atoms with Gasteiger partial charge in [-0.3, -0.25) is 4.79 Å². The molecule has 0 fully saturated rings. The van der Waals surface area contributed by atoms with Gasteiger partial charge in [0, 0.05) is 12.1 Å². The lowest BCUT2D eigenvalue weighted by atomic mass is 10.1. The molecule has 1 aromatic rings. The number of carbonyl (C=O) groups excluding carboxylic acids is 1. The van der Waals surface area contributed by atoms with Crippen molar-refractivity contribution in [3.8, 4) is 0 Å². The predicted molar refractivity (Wildman–Crippen MR) is 68.2 cm³/mol. The van der Waals surface area contributed by atoms with Crippen molar-refractivity contribution in [3.63, 3.8) is 0 Å². The Morgan fingerprint density at radius 2 is 1.65 bits per heavy atom. The lowest BCUT2D eigenvalue weighted by Gasteiger charge is -2.18. The van der Waals surface area contributed by atoms with E-state index in [4.69, 9.17) is 46.4 Å². The Morgan fingerprint density at radius 1 is 1.12 bits per heavy atom. The number of carbonyl (C=O) groups is 1. The van der Waals surface area contributed by atoms with E-state index in [1.165, 1.54) is 4.90 Å². The smallest absolute Gasteiger partial charge is 0.258 e. The second-order valence-electron chi connectivity index (χ2n) is 3.51. The first-order valence-corrected chi connectivity index (χ1v) is 6.27. The molecule has 1 aromatic carbocycles. The molecule has 1 heterocycles. The summed E-state index contributed by atoms with van der Waals surface area (Å²) in [6.07, 6.45) is -1.14. The molecule has 0 saturated heterocycles. The summed E-state index contributed by atoms with van der Waals surface area (Å²) in [5.41, 5.74) is 0.346. The predicted octanol–water partition coefficient (Wildman–Crippen LogP) is 3.77. The summed E-state index contributed by atoms with van der Waals surface area (Å²) in [4.78, 5) is 13.2. The molecule has 0 spiro atoms. The first kappa shape index (κ1) is 13.2. The molecule has 0 aliphatic carbocycles. The second kappa shape index (κ2) is 4.48. The molecular formula is C10H7Cl4NO2. The number of rotatable bonds is 1. The summed E-state index contributed by atoms with van der Waals surface area (Å²) in [5.74, 6) is -0.402. The first-order chi connectivity index (χ1) is 7.91. The van der Waals surface area contributed by atoms with Crippen LogP contribution in [0.2, 0.25) is 20.1 Å². The number of hydrogen-bond acceptors (Lipinski definition) is 2. The Labute approximate surface area is 118 Å². The fourth-order valence-corrected chi connectivity index (χ4v) is 2.87. The Morgan fingerprint density at radius 3 is 2.18 bits per heavy atom. The van der Waals surface area contributed by atoms with E-state index in [2.05, 4.69) is 0 Å². The van der Waals surface area contributed by atoms with Gasteiger partial charge < -0.3 is 10.0 Å². The third-order valence-electron chi connectivity index (χ3n) is 2.67. The highest BCUT2D eigenvalue weighted by Crippen LogP contribution is 2.47. The van der Waals surface area contributed by atoms with E-state index in [0.29, 0.717) is 6.54 Å². The average molecular weight is 315 g/mol. The Hall–Kier alpha value is -0.190. The summed E-state index contributed by atoms with van der Waals surface area (Å²) in [5, 5.41) is 10.1. The van der Waals surface area contributed by atoms with Crippen LogP contribution < -0.4 is 0 Å². The van der Waals surface area contributed by atoms with Gasteiger partial charge in [0.1, 0.15) is 0 Å². The van der Waals surface area contributed by atoms with E-state index < -0.39 is 12.1 Å². The van der Waals surface area contributed by atoms with Crippen LogP contribution >= 0.6 is 46.4 Å². The number of benzene rings is 1. The molecule has 1 N–H and O–H groups in total. The number of halogens is 4. The lowest BCUT2D eigenvalue weighted by molar-refractivity contribution is 0.0203. The van der Waals surface area contributed by atoms with Gasteiger partial charge >= 0.3 is 0 Å². The quantitative estimate of drug-likeness (QED) is 0.633. The van der Waals surface area contributed by atoms with Gasteiger partial charge in [-0.15, -0.1) is 0 Å². The molecule has 1 unspecified atom stereocenters. The molecule has 0 saturated carbocycles. The maximum absolute atomic E-state index is 12.0. The van der Waals surface area contributed by atoms with E-state index >= 15 is 0 Å². The highest BCUT2D eigenvalue weighted by atomic mass is 35.5. The summed E-state index contributed by atoms with van der Waals surface area (Å²) < 4.78 is 0. The highest BCUT2D eigenvalue weighted by Gasteiger charge is 2.40. The topological polar surface area (TPSA) is 40.5 Å². The van der Waals surface area contributed by atoms with Crippen molar-refractivity contribution in [2.75, 3.05) is 6.54 Å². The van der Waals surface area contributed by atoms with Gasteiger partial charge in [-0.1, -0.05) is 46.4 Å². The van der Waals surface area contributed by atoms with Crippen molar-refractivity contribution in [2.45, 2.75) is 13.2 Å². The zero-order valence-electron chi connectivity index (χ0n) is 8.60. The Bertz CT molecular complexity index is 518. The fourth-order valence-electron chi connectivity index (χ4n) is 1.83. The number of nitrogens with zero attached hydrogens (tertiary/aromatic N) is 1. The van der Waals surface area contributed by atoms with Gasteiger partial charge in [0.15, 0.2) is 6.23 Å². The van der Waals surface area contributed by atoms with Crippen LogP contribution in [0, 0.1) is 0 Å². The Kier molecular flexibility index (Phi) is 3.49. The minimum Gasteiger partial charge on any atom is -0.369 e. The zero-order valence-corrected chi connectivity index (χ0v) is 11.6. The molecule has 2 rings (SSSR count). The van der Waals surface area contributed by atoms with E-state index in [9.17, 15) is 9.90 Å². The molecule has 0 radical (unpaired) electrons. The number of amides is 1. The standard InChI is InChI=1S/C10H7Cl4NO2/c1-2-15-9(16)3-4(10(15)17)6(12)8(14)7(13)5(3)11/h9,16H,2H2,1H3. The Balaban J connectivity index is 2.79. The second-order valence-corrected chi connectivity index (χ2v) is 5.02. The maximum atomic E-state index is 12.0. The fraction of sp³-hybridized carbons (Fsp3) is 0.300. The monoisotopic (exact) mass is 313 g/mol. The molecule has 3 nitrogen and oxygen atoms in total. The van der Waals surface area contributed by atoms with E-state index in [-0.39, 0.29) is 31.2 Å². The minimum absolute atomic E-state index is 0.0237. The number of aliphatic hydroxyl groups is 1. The number of fused-ring (bicyclic) bond motifs is 1. The molecule has 1 atom stereocenters. The lowest BCUT2D eigenvalue weighted by Crippen LogP contribution is -2.27. The van der Waals surface area contributed by atoms with Gasteiger partial charge in [0.05, 0.1) is 25.7 Å². The SMILES string of the molecule is CCN1C(=O)c2c(Cl)c(Cl)c(Cl)c(Cl)c2C1O. The van der Waals surface area contributed by atoms with Crippen LogP contribution in [0.3, 0.4) is 0 Å². The molecule has 1 amide bonds. The van der Waals surface area contributed by atoms with Crippen molar-refractivity contribution in [1.82, 2.24) is 4.90 Å². The molecule has 0 bridgehead atoms. The van der Waals surface area contributed by atoms with E-state index in [0.717, 1.165) is 0 Å². The highest BCUT2D eigenvalue weighted by molar-refractivity contribution is 6.53. The zero-order chi connectivity index (χ0) is 12.9. The van der Waals surface area contributed by atoms with Crippen LogP contribution in [0.15, 0.2) is 0 Å². The number of hydrogen-bond donors (Lipinski definition) is 1. The van der Waals surface area contributed by atoms with Crippen molar-refractivity contribution in [3.05, 3.63) is 31.2 Å². The molecule has 7 heteroatoms. The van der Waals surface area contributed by atoms with Crippen molar-refractivity contribution in [1.29, 1.82) is 0 Å². The van der Waals surface area contributed by atoms with Crippen molar-refractivity contribution in [2.24, 2.45) is 0 Å². The summed E-state index contributed by atoms with van der Waals surface area (Å²) >= 11 is 23.7. The molecule has 0 aromatic heterocycles. The van der Waals surface area contributed by atoms with Gasteiger partial charge in [0.25, 0.3) is 5.91 Å². The van der Waals surface area contributed by atoms with Crippen molar-refractivity contribution >= 4 is 52.3 Å². The van der Waals surface area contributed by atoms with Crippen LogP contribution in [0.1, 0.15) is 29.1 Å². The molecule has 1 aliphatic rings. The third kappa shape index (κ3) is 1.72. The van der Waals surface area contributed by atoms with Gasteiger partial charge in [-0.05, 0) is 6.92 Å². The van der Waals surface area contributed by atoms with E-state index in [1.807, 2.05) is 0 Å². The van der Waals surface area contributed by atoms with Crippen LogP contribution in [0.4, 0.5) is 0 Å². The van der Waals surface area contributed by atoms with Crippen molar-refractivity contribution < 1.29 is 9.90 Å².